The summed E-state index contributed by atoms with van der Waals surface area (Å²) in [7, 11) is 0. The van der Waals surface area contributed by atoms with E-state index in [1.165, 1.54) is 11.3 Å². The summed E-state index contributed by atoms with van der Waals surface area (Å²) in [6.45, 7) is 6.03. The van der Waals surface area contributed by atoms with Gasteiger partial charge in [-0.25, -0.2) is 0 Å². The minimum absolute atomic E-state index is 0.136. The summed E-state index contributed by atoms with van der Waals surface area (Å²) in [6.07, 6.45) is 1.65. The monoisotopic (exact) mass is 246 g/mol. The van der Waals surface area contributed by atoms with E-state index in [4.69, 9.17) is 5.73 Å². The molecule has 0 spiro atoms. The molecule has 1 amide bonds. The quantitative estimate of drug-likeness (QED) is 0.818. The van der Waals surface area contributed by atoms with Crippen molar-refractivity contribution in [2.45, 2.75) is 6.92 Å². The molecule has 3 nitrogen and oxygen atoms in total. The third kappa shape index (κ3) is 2.03. The average molecular weight is 246 g/mol. The summed E-state index contributed by atoms with van der Waals surface area (Å²) >= 11 is 1.44. The summed E-state index contributed by atoms with van der Waals surface area (Å²) in [5, 5.41) is 3.70. The molecule has 0 aliphatic carbocycles. The summed E-state index contributed by atoms with van der Waals surface area (Å²) in [6, 6.07) is 5.91. The fourth-order valence-corrected chi connectivity index (χ4v) is 2.80. The number of nitrogens with two attached hydrogens (primary N) is 1. The lowest BCUT2D eigenvalue weighted by Gasteiger charge is -1.99. The van der Waals surface area contributed by atoms with Gasteiger partial charge in [0.05, 0.1) is 5.69 Å². The second-order valence-corrected chi connectivity index (χ2v) is 4.82. The van der Waals surface area contributed by atoms with Gasteiger partial charge in [0.15, 0.2) is 0 Å². The summed E-state index contributed by atoms with van der Waals surface area (Å²) < 4.78 is 1.08. The molecular formula is C13H14N2OS. The van der Waals surface area contributed by atoms with Crippen LogP contribution in [0.25, 0.3) is 10.1 Å². The van der Waals surface area contributed by atoms with Crippen LogP contribution in [-0.2, 0) is 0 Å². The maximum absolute atomic E-state index is 11.9. The predicted octanol–water partition coefficient (Wildman–Crippen LogP) is 2.71. The summed E-state index contributed by atoms with van der Waals surface area (Å²) in [4.78, 5) is 12.5. The van der Waals surface area contributed by atoms with Crippen molar-refractivity contribution in [3.05, 3.63) is 41.3 Å². The van der Waals surface area contributed by atoms with Crippen LogP contribution in [0.3, 0.4) is 0 Å². The first-order valence-corrected chi connectivity index (χ1v) is 6.13. The Bertz CT molecular complexity index is 586. The maximum Gasteiger partial charge on any atom is 0.263 e. The first kappa shape index (κ1) is 11.7. The zero-order valence-electron chi connectivity index (χ0n) is 9.62. The highest BCUT2D eigenvalue weighted by atomic mass is 32.1. The van der Waals surface area contributed by atoms with Gasteiger partial charge in [-0.15, -0.1) is 17.9 Å². The number of rotatable bonds is 3. The van der Waals surface area contributed by atoms with Gasteiger partial charge in [0.1, 0.15) is 4.88 Å². The topological polar surface area (TPSA) is 55.1 Å². The molecule has 17 heavy (non-hydrogen) atoms. The van der Waals surface area contributed by atoms with E-state index in [1.54, 1.807) is 6.08 Å². The van der Waals surface area contributed by atoms with Crippen molar-refractivity contribution in [2.75, 3.05) is 12.3 Å². The Morgan fingerprint density at radius 1 is 1.59 bits per heavy atom. The van der Waals surface area contributed by atoms with Crippen molar-refractivity contribution in [2.24, 2.45) is 0 Å². The number of thiophene rings is 1. The van der Waals surface area contributed by atoms with Crippen LogP contribution in [0.15, 0.2) is 30.9 Å². The number of fused-ring (bicyclic) bond motifs is 1. The molecule has 1 aromatic carbocycles. The molecule has 0 bridgehead atoms. The Kier molecular flexibility index (Phi) is 3.15. The lowest BCUT2D eigenvalue weighted by atomic mass is 10.1. The molecule has 3 N–H and O–H groups in total. The minimum Gasteiger partial charge on any atom is -0.397 e. The fourth-order valence-electron chi connectivity index (χ4n) is 1.69. The van der Waals surface area contributed by atoms with Gasteiger partial charge in [-0.05, 0) is 12.5 Å². The van der Waals surface area contributed by atoms with E-state index in [0.29, 0.717) is 17.1 Å². The van der Waals surface area contributed by atoms with Gasteiger partial charge < -0.3 is 11.1 Å². The van der Waals surface area contributed by atoms with Gasteiger partial charge in [-0.2, -0.15) is 0 Å². The molecule has 1 heterocycles. The normalized spacial score (nSPS) is 10.4. The van der Waals surface area contributed by atoms with Crippen LogP contribution in [-0.4, -0.2) is 12.5 Å². The van der Waals surface area contributed by atoms with E-state index in [0.717, 1.165) is 15.6 Å². The van der Waals surface area contributed by atoms with Crippen LogP contribution in [0.2, 0.25) is 0 Å². The van der Waals surface area contributed by atoms with Crippen molar-refractivity contribution >= 4 is 33.0 Å². The largest absolute Gasteiger partial charge is 0.397 e. The van der Waals surface area contributed by atoms with E-state index in [9.17, 15) is 4.79 Å². The lowest BCUT2D eigenvalue weighted by molar-refractivity contribution is 0.0963. The first-order chi connectivity index (χ1) is 8.15. The van der Waals surface area contributed by atoms with Crippen molar-refractivity contribution in [1.29, 1.82) is 0 Å². The Labute approximate surface area is 104 Å². The van der Waals surface area contributed by atoms with E-state index in [2.05, 4.69) is 11.9 Å². The van der Waals surface area contributed by atoms with Crippen LogP contribution in [0.1, 0.15) is 15.2 Å². The molecule has 4 heteroatoms. The first-order valence-electron chi connectivity index (χ1n) is 5.32. The smallest absolute Gasteiger partial charge is 0.263 e. The lowest BCUT2D eigenvalue weighted by Crippen LogP contribution is -2.22. The summed E-state index contributed by atoms with van der Waals surface area (Å²) in [5.41, 5.74) is 7.71. The second-order valence-electron chi connectivity index (χ2n) is 3.80. The number of hydrogen-bond donors (Lipinski definition) is 2. The van der Waals surface area contributed by atoms with E-state index in [1.807, 2.05) is 25.1 Å². The number of carbonyl (C=O) groups is 1. The van der Waals surface area contributed by atoms with Crippen molar-refractivity contribution in [3.63, 3.8) is 0 Å². The Morgan fingerprint density at radius 2 is 2.35 bits per heavy atom. The van der Waals surface area contributed by atoms with Gasteiger partial charge in [-0.3, -0.25) is 4.79 Å². The van der Waals surface area contributed by atoms with Gasteiger partial charge in [0.25, 0.3) is 5.91 Å². The van der Waals surface area contributed by atoms with E-state index >= 15 is 0 Å². The van der Waals surface area contributed by atoms with Crippen molar-refractivity contribution in [3.8, 4) is 0 Å². The number of nitrogens with one attached hydrogen (secondary N) is 1. The molecule has 2 aromatic rings. The molecule has 0 radical (unpaired) electrons. The molecule has 0 aliphatic rings. The standard InChI is InChI=1S/C13H14N2OS/c1-3-7-15-13(16)12-10(14)9-6-4-5-8(2)11(9)17-12/h3-6H,1,7,14H2,2H3,(H,15,16). The molecule has 0 saturated carbocycles. The molecule has 0 atom stereocenters. The fraction of sp³-hybridized carbons (Fsp3) is 0.154. The highest BCUT2D eigenvalue weighted by molar-refractivity contribution is 7.21. The highest BCUT2D eigenvalue weighted by Crippen LogP contribution is 2.35. The Morgan fingerprint density at radius 3 is 3.00 bits per heavy atom. The SMILES string of the molecule is C=CCNC(=O)c1sc2c(C)cccc2c1N. The van der Waals surface area contributed by atoms with Crippen LogP contribution in [0.5, 0.6) is 0 Å². The van der Waals surface area contributed by atoms with E-state index in [-0.39, 0.29) is 5.91 Å². The van der Waals surface area contributed by atoms with Gasteiger partial charge in [0, 0.05) is 16.6 Å². The predicted molar refractivity (Wildman–Crippen MR) is 73.5 cm³/mol. The molecule has 0 unspecified atom stereocenters. The van der Waals surface area contributed by atoms with Crippen molar-refractivity contribution in [1.82, 2.24) is 5.32 Å². The van der Waals surface area contributed by atoms with Crippen LogP contribution in [0.4, 0.5) is 5.69 Å². The minimum atomic E-state index is -0.136. The maximum atomic E-state index is 11.9. The number of carbonyl (C=O) groups excluding carboxylic acids is 1. The molecule has 88 valence electrons. The molecule has 0 saturated heterocycles. The number of nitrogen functional groups attached to an aromatic ring is 1. The zero-order chi connectivity index (χ0) is 12.4. The third-order valence-corrected chi connectivity index (χ3v) is 3.92. The van der Waals surface area contributed by atoms with Crippen molar-refractivity contribution < 1.29 is 4.79 Å². The van der Waals surface area contributed by atoms with Crippen LogP contribution in [0, 0.1) is 6.92 Å². The average Bonchev–Trinajstić information content (AvgIpc) is 2.66. The Hall–Kier alpha value is -1.81. The zero-order valence-corrected chi connectivity index (χ0v) is 10.4. The summed E-state index contributed by atoms with van der Waals surface area (Å²) in [5.74, 6) is -0.136. The Balaban J connectivity index is 2.48. The molecule has 2 rings (SSSR count). The number of aryl methyl sites for hydroxylation is 1. The number of amides is 1. The third-order valence-electron chi connectivity index (χ3n) is 2.56. The number of hydrogen-bond acceptors (Lipinski definition) is 3. The van der Waals surface area contributed by atoms with E-state index < -0.39 is 0 Å². The van der Waals surface area contributed by atoms with Gasteiger partial charge in [0.2, 0.25) is 0 Å². The van der Waals surface area contributed by atoms with Crippen LogP contribution >= 0.6 is 11.3 Å². The molecule has 0 fully saturated rings. The number of anilines is 1. The van der Waals surface area contributed by atoms with Crippen LogP contribution < -0.4 is 11.1 Å². The number of benzene rings is 1. The molecule has 0 aliphatic heterocycles. The van der Waals surface area contributed by atoms with Gasteiger partial charge >= 0.3 is 0 Å². The second kappa shape index (κ2) is 4.59. The highest BCUT2D eigenvalue weighted by Gasteiger charge is 2.16. The molecular weight excluding hydrogens is 232 g/mol. The van der Waals surface area contributed by atoms with Gasteiger partial charge in [-0.1, -0.05) is 24.3 Å². The molecule has 1 aromatic heterocycles.